The lowest BCUT2D eigenvalue weighted by Crippen LogP contribution is -2.16. The lowest BCUT2D eigenvalue weighted by Gasteiger charge is -2.02. The molecular weight excluding hydrogens is 258 g/mol. The summed E-state index contributed by atoms with van der Waals surface area (Å²) in [6.07, 6.45) is 3.42. The number of halogens is 1. The van der Waals surface area contributed by atoms with E-state index in [4.69, 9.17) is 0 Å². The van der Waals surface area contributed by atoms with Crippen molar-refractivity contribution in [2.75, 3.05) is 13.1 Å². The fourth-order valence-corrected chi connectivity index (χ4v) is 2.65. The summed E-state index contributed by atoms with van der Waals surface area (Å²) in [5.41, 5.74) is 1.38. The number of rotatable bonds is 5. The predicted octanol–water partition coefficient (Wildman–Crippen LogP) is 3.91. The Morgan fingerprint density at radius 1 is 1.64 bits per heavy atom. The minimum Gasteiger partial charge on any atom is -0.313 e. The maximum atomic E-state index is 3.52. The predicted molar refractivity (Wildman–Crippen MR) is 68.8 cm³/mol. The maximum Gasteiger partial charge on any atom is 0.0412 e. The molecular formula is C11H16BrNS. The molecule has 78 valence electrons. The largest absolute Gasteiger partial charge is 0.313 e. The normalized spacial score (nSPS) is 12.1. The SMILES string of the molecule is CCCNC/C(C)=C/c1sccc1Br. The average molecular weight is 274 g/mol. The second-order valence-electron chi connectivity index (χ2n) is 3.30. The molecule has 0 saturated carbocycles. The van der Waals surface area contributed by atoms with E-state index in [1.165, 1.54) is 21.3 Å². The van der Waals surface area contributed by atoms with Gasteiger partial charge in [-0.1, -0.05) is 12.5 Å². The Bertz CT molecular complexity index is 304. The summed E-state index contributed by atoms with van der Waals surface area (Å²) in [5.74, 6) is 0. The van der Waals surface area contributed by atoms with Gasteiger partial charge in [-0.05, 0) is 53.3 Å². The van der Waals surface area contributed by atoms with Gasteiger partial charge in [0.15, 0.2) is 0 Å². The highest BCUT2D eigenvalue weighted by Gasteiger charge is 1.97. The Morgan fingerprint density at radius 2 is 2.43 bits per heavy atom. The molecule has 0 atom stereocenters. The Labute approximate surface area is 98.4 Å². The van der Waals surface area contributed by atoms with Crippen molar-refractivity contribution in [3.63, 3.8) is 0 Å². The molecule has 0 spiro atoms. The summed E-state index contributed by atoms with van der Waals surface area (Å²) in [6.45, 7) is 6.42. The minimum atomic E-state index is 0.984. The Kier molecular flexibility index (Phi) is 5.45. The quantitative estimate of drug-likeness (QED) is 0.803. The highest BCUT2D eigenvalue weighted by molar-refractivity contribution is 9.10. The van der Waals surface area contributed by atoms with E-state index in [1.54, 1.807) is 11.3 Å². The first kappa shape index (κ1) is 12.0. The molecule has 1 rings (SSSR count). The molecule has 1 N–H and O–H groups in total. The van der Waals surface area contributed by atoms with Crippen molar-refractivity contribution in [2.45, 2.75) is 20.3 Å². The van der Waals surface area contributed by atoms with E-state index < -0.39 is 0 Å². The van der Waals surface area contributed by atoms with Crippen molar-refractivity contribution >= 4 is 33.3 Å². The number of hydrogen-bond acceptors (Lipinski definition) is 2. The zero-order valence-electron chi connectivity index (χ0n) is 8.64. The molecule has 1 heterocycles. The fourth-order valence-electron chi connectivity index (χ4n) is 1.15. The molecule has 14 heavy (non-hydrogen) atoms. The smallest absolute Gasteiger partial charge is 0.0412 e. The summed E-state index contributed by atoms with van der Waals surface area (Å²) < 4.78 is 1.19. The molecule has 1 nitrogen and oxygen atoms in total. The average Bonchev–Trinajstić information content (AvgIpc) is 2.52. The molecule has 0 aliphatic rings. The van der Waals surface area contributed by atoms with Crippen molar-refractivity contribution in [1.82, 2.24) is 5.32 Å². The van der Waals surface area contributed by atoms with Crippen LogP contribution in [0.3, 0.4) is 0 Å². The molecule has 0 aliphatic heterocycles. The van der Waals surface area contributed by atoms with Crippen molar-refractivity contribution in [1.29, 1.82) is 0 Å². The third-order valence-corrected chi connectivity index (χ3v) is 3.67. The molecule has 0 saturated heterocycles. The van der Waals surface area contributed by atoms with Crippen LogP contribution in [0.4, 0.5) is 0 Å². The van der Waals surface area contributed by atoms with Crippen LogP contribution in [-0.2, 0) is 0 Å². The third-order valence-electron chi connectivity index (χ3n) is 1.85. The molecule has 0 radical (unpaired) electrons. The first-order valence-corrected chi connectivity index (χ1v) is 6.52. The highest BCUT2D eigenvalue weighted by Crippen LogP contribution is 2.24. The van der Waals surface area contributed by atoms with Crippen molar-refractivity contribution in [3.8, 4) is 0 Å². The standard InChI is InChI=1S/C11H16BrNS/c1-3-5-13-8-9(2)7-11-10(12)4-6-14-11/h4,6-7,13H,3,5,8H2,1-2H3/b9-7+. The van der Waals surface area contributed by atoms with Gasteiger partial charge in [-0.2, -0.15) is 0 Å². The second-order valence-corrected chi connectivity index (χ2v) is 5.10. The van der Waals surface area contributed by atoms with E-state index in [9.17, 15) is 0 Å². The van der Waals surface area contributed by atoms with Gasteiger partial charge in [0.1, 0.15) is 0 Å². The van der Waals surface area contributed by atoms with Crippen LogP contribution < -0.4 is 5.32 Å². The van der Waals surface area contributed by atoms with Gasteiger partial charge in [-0.15, -0.1) is 11.3 Å². The lowest BCUT2D eigenvalue weighted by molar-refractivity contribution is 0.715. The number of hydrogen-bond donors (Lipinski definition) is 1. The van der Waals surface area contributed by atoms with E-state index in [-0.39, 0.29) is 0 Å². The van der Waals surface area contributed by atoms with E-state index in [2.05, 4.69) is 52.6 Å². The summed E-state index contributed by atoms with van der Waals surface area (Å²) in [6, 6.07) is 2.09. The Morgan fingerprint density at radius 3 is 3.00 bits per heavy atom. The summed E-state index contributed by atoms with van der Waals surface area (Å²) in [4.78, 5) is 1.31. The van der Waals surface area contributed by atoms with Crippen LogP contribution in [0.15, 0.2) is 21.5 Å². The first-order valence-electron chi connectivity index (χ1n) is 4.85. The topological polar surface area (TPSA) is 12.0 Å². The van der Waals surface area contributed by atoms with Gasteiger partial charge < -0.3 is 5.32 Å². The first-order chi connectivity index (χ1) is 6.74. The third kappa shape index (κ3) is 3.95. The molecule has 0 amide bonds. The van der Waals surface area contributed by atoms with Crippen LogP contribution in [0.5, 0.6) is 0 Å². The van der Waals surface area contributed by atoms with Crippen molar-refractivity contribution < 1.29 is 0 Å². The van der Waals surface area contributed by atoms with Gasteiger partial charge in [0.25, 0.3) is 0 Å². The van der Waals surface area contributed by atoms with E-state index in [0.29, 0.717) is 0 Å². The van der Waals surface area contributed by atoms with Crippen molar-refractivity contribution in [2.24, 2.45) is 0 Å². The summed E-state index contributed by atoms with van der Waals surface area (Å²) >= 11 is 5.29. The molecule has 0 aromatic carbocycles. The van der Waals surface area contributed by atoms with Crippen molar-refractivity contribution in [3.05, 3.63) is 26.4 Å². The van der Waals surface area contributed by atoms with Gasteiger partial charge in [0.2, 0.25) is 0 Å². The molecule has 0 fully saturated rings. The molecule has 0 bridgehead atoms. The van der Waals surface area contributed by atoms with Crippen LogP contribution in [0.25, 0.3) is 6.08 Å². The van der Waals surface area contributed by atoms with E-state index >= 15 is 0 Å². The monoisotopic (exact) mass is 273 g/mol. The van der Waals surface area contributed by atoms with E-state index in [0.717, 1.165) is 13.1 Å². The zero-order chi connectivity index (χ0) is 10.4. The second kappa shape index (κ2) is 6.38. The molecule has 1 aromatic heterocycles. The fraction of sp³-hybridized carbons (Fsp3) is 0.455. The van der Waals surface area contributed by atoms with Crippen LogP contribution in [-0.4, -0.2) is 13.1 Å². The van der Waals surface area contributed by atoms with Crippen LogP contribution in [0, 0.1) is 0 Å². The molecule has 0 aliphatic carbocycles. The van der Waals surface area contributed by atoms with Gasteiger partial charge in [-0.25, -0.2) is 0 Å². The summed E-state index contributed by atoms with van der Waals surface area (Å²) in [5, 5.41) is 5.49. The van der Waals surface area contributed by atoms with Gasteiger partial charge in [0, 0.05) is 15.9 Å². The van der Waals surface area contributed by atoms with Gasteiger partial charge in [-0.3, -0.25) is 0 Å². The molecule has 3 heteroatoms. The number of nitrogens with one attached hydrogen (secondary N) is 1. The van der Waals surface area contributed by atoms with Crippen LogP contribution in [0.2, 0.25) is 0 Å². The zero-order valence-corrected chi connectivity index (χ0v) is 11.0. The Balaban J connectivity index is 2.47. The summed E-state index contributed by atoms with van der Waals surface area (Å²) in [7, 11) is 0. The molecule has 1 aromatic rings. The number of thiophene rings is 1. The van der Waals surface area contributed by atoms with Gasteiger partial charge >= 0.3 is 0 Å². The van der Waals surface area contributed by atoms with E-state index in [1.807, 2.05) is 0 Å². The lowest BCUT2D eigenvalue weighted by atomic mass is 10.2. The van der Waals surface area contributed by atoms with Gasteiger partial charge in [0.05, 0.1) is 0 Å². The maximum absolute atomic E-state index is 3.52. The van der Waals surface area contributed by atoms with Crippen LogP contribution >= 0.6 is 27.3 Å². The molecule has 0 unspecified atom stereocenters. The van der Waals surface area contributed by atoms with Crippen LogP contribution in [0.1, 0.15) is 25.1 Å². The highest BCUT2D eigenvalue weighted by atomic mass is 79.9. The Hall–Kier alpha value is -0.120. The minimum absolute atomic E-state index is 0.984.